The van der Waals surface area contributed by atoms with Crippen LogP contribution in [0.4, 0.5) is 0 Å². The van der Waals surface area contributed by atoms with Gasteiger partial charge in [0.1, 0.15) is 0 Å². The van der Waals surface area contributed by atoms with Crippen LogP contribution in [0, 0.1) is 13.8 Å². The van der Waals surface area contributed by atoms with Crippen molar-refractivity contribution in [1.82, 2.24) is 15.1 Å². The molecule has 6 heteroatoms. The van der Waals surface area contributed by atoms with Gasteiger partial charge in [-0.2, -0.15) is 5.10 Å². The zero-order valence-electron chi connectivity index (χ0n) is 18.1. The summed E-state index contributed by atoms with van der Waals surface area (Å²) in [7, 11) is 0. The molecule has 0 radical (unpaired) electrons. The highest BCUT2D eigenvalue weighted by atomic mass is 16.5. The van der Waals surface area contributed by atoms with Gasteiger partial charge in [-0.15, -0.1) is 0 Å². The van der Waals surface area contributed by atoms with Crippen molar-refractivity contribution < 1.29 is 14.3 Å². The Labute approximate surface area is 178 Å². The van der Waals surface area contributed by atoms with Crippen molar-refractivity contribution in [3.63, 3.8) is 0 Å². The molecule has 0 unspecified atom stereocenters. The van der Waals surface area contributed by atoms with Crippen molar-refractivity contribution in [3.05, 3.63) is 53.4 Å². The monoisotopic (exact) mass is 409 g/mol. The number of ether oxygens (including phenoxy) is 1. The molecule has 1 aromatic heterocycles. The fraction of sp³-hybridized carbons (Fsp3) is 0.458. The number of aromatic nitrogens is 2. The van der Waals surface area contributed by atoms with E-state index in [4.69, 9.17) is 4.74 Å². The molecule has 1 atom stereocenters. The summed E-state index contributed by atoms with van der Waals surface area (Å²) >= 11 is 0. The minimum Gasteiger partial charge on any atom is -0.449 e. The van der Waals surface area contributed by atoms with Crippen LogP contribution in [0.25, 0.3) is 11.8 Å². The van der Waals surface area contributed by atoms with Crippen LogP contribution in [0.5, 0.6) is 0 Å². The van der Waals surface area contributed by atoms with Gasteiger partial charge in [0.15, 0.2) is 6.10 Å². The third-order valence-corrected chi connectivity index (χ3v) is 5.60. The Kier molecular flexibility index (Phi) is 7.44. The Balaban J connectivity index is 1.59. The van der Waals surface area contributed by atoms with E-state index in [1.54, 1.807) is 13.0 Å². The number of amides is 1. The second kappa shape index (κ2) is 10.2. The molecule has 1 aromatic carbocycles. The maximum Gasteiger partial charge on any atom is 0.331 e. The van der Waals surface area contributed by atoms with E-state index in [2.05, 4.69) is 10.4 Å². The van der Waals surface area contributed by atoms with E-state index in [1.165, 1.54) is 18.9 Å². The van der Waals surface area contributed by atoms with Gasteiger partial charge in [0, 0.05) is 23.4 Å². The van der Waals surface area contributed by atoms with Crippen molar-refractivity contribution in [2.24, 2.45) is 0 Å². The van der Waals surface area contributed by atoms with Crippen molar-refractivity contribution >= 4 is 18.0 Å². The maximum atomic E-state index is 12.4. The maximum absolute atomic E-state index is 12.4. The molecule has 1 aliphatic carbocycles. The molecule has 1 N–H and O–H groups in total. The zero-order chi connectivity index (χ0) is 21.5. The summed E-state index contributed by atoms with van der Waals surface area (Å²) in [5, 5.41) is 7.59. The molecule has 2 aromatic rings. The van der Waals surface area contributed by atoms with Gasteiger partial charge >= 0.3 is 5.97 Å². The number of aryl methyl sites for hydroxylation is 1. The van der Waals surface area contributed by atoms with Gasteiger partial charge in [0.2, 0.25) is 0 Å². The smallest absolute Gasteiger partial charge is 0.331 e. The van der Waals surface area contributed by atoms with E-state index >= 15 is 0 Å². The topological polar surface area (TPSA) is 73.2 Å². The van der Waals surface area contributed by atoms with Crippen LogP contribution in [-0.2, 0) is 14.3 Å². The third-order valence-electron chi connectivity index (χ3n) is 5.60. The van der Waals surface area contributed by atoms with Gasteiger partial charge < -0.3 is 10.1 Å². The van der Waals surface area contributed by atoms with Gasteiger partial charge in [-0.3, -0.25) is 4.79 Å². The van der Waals surface area contributed by atoms with Crippen LogP contribution >= 0.6 is 0 Å². The second-order valence-electron chi connectivity index (χ2n) is 7.94. The summed E-state index contributed by atoms with van der Waals surface area (Å²) in [6.07, 6.45) is 8.96. The normalized spacial score (nSPS) is 16.2. The number of hydrogen-bond acceptors (Lipinski definition) is 4. The van der Waals surface area contributed by atoms with Crippen LogP contribution in [0.1, 0.15) is 62.4 Å². The molecular weight excluding hydrogens is 378 g/mol. The van der Waals surface area contributed by atoms with Crippen molar-refractivity contribution in [2.45, 2.75) is 71.4 Å². The van der Waals surface area contributed by atoms with Crippen molar-refractivity contribution in [2.75, 3.05) is 0 Å². The first kappa shape index (κ1) is 21.8. The Bertz CT molecular complexity index is 894. The molecule has 0 saturated heterocycles. The average Bonchev–Trinajstić information content (AvgIpc) is 2.89. The molecule has 6 nitrogen and oxygen atoms in total. The molecule has 1 heterocycles. The van der Waals surface area contributed by atoms with E-state index in [1.807, 2.05) is 48.9 Å². The molecule has 0 aliphatic heterocycles. The molecule has 1 aliphatic rings. The first-order valence-electron chi connectivity index (χ1n) is 10.8. The number of nitrogens with zero attached hydrogens (tertiary/aromatic N) is 2. The molecule has 1 saturated carbocycles. The fourth-order valence-corrected chi connectivity index (χ4v) is 3.88. The molecule has 0 bridgehead atoms. The highest BCUT2D eigenvalue weighted by Crippen LogP contribution is 2.19. The average molecular weight is 410 g/mol. The molecule has 0 spiro atoms. The Morgan fingerprint density at radius 1 is 1.13 bits per heavy atom. The van der Waals surface area contributed by atoms with E-state index in [9.17, 15) is 9.59 Å². The quantitative estimate of drug-likeness (QED) is 0.439. The molecular formula is C24H31N3O3. The Morgan fingerprint density at radius 3 is 2.47 bits per heavy atom. The Morgan fingerprint density at radius 2 is 1.80 bits per heavy atom. The first-order chi connectivity index (χ1) is 14.5. The van der Waals surface area contributed by atoms with Crippen LogP contribution in [0.2, 0.25) is 0 Å². The standard InChI is InChI=1S/C24H31N3O3/c1-17-22(18(2)27(26-17)21-13-9-6-10-14-21)15-16-23(28)30-19(3)24(29)25-20-11-7-4-5-8-12-20/h6,9-10,13-16,19-20H,4-5,7-8,11-12H2,1-3H3,(H,25,29)/b16-15+/t19-/m0/s1. The number of esters is 1. The summed E-state index contributed by atoms with van der Waals surface area (Å²) < 4.78 is 7.16. The predicted molar refractivity (Wildman–Crippen MR) is 117 cm³/mol. The highest BCUT2D eigenvalue weighted by molar-refractivity contribution is 5.90. The van der Waals surface area contributed by atoms with Gasteiger partial charge in [-0.05, 0) is 51.8 Å². The van der Waals surface area contributed by atoms with E-state index in [0.717, 1.165) is 48.3 Å². The van der Waals surface area contributed by atoms with Gasteiger partial charge in [0.25, 0.3) is 5.91 Å². The summed E-state index contributed by atoms with van der Waals surface area (Å²) in [5.41, 5.74) is 3.58. The third kappa shape index (κ3) is 5.59. The lowest BCUT2D eigenvalue weighted by atomic mass is 10.1. The fourth-order valence-electron chi connectivity index (χ4n) is 3.88. The van der Waals surface area contributed by atoms with Gasteiger partial charge in [0.05, 0.1) is 11.4 Å². The number of para-hydroxylation sites is 1. The van der Waals surface area contributed by atoms with Gasteiger partial charge in [-0.25, -0.2) is 9.48 Å². The van der Waals surface area contributed by atoms with E-state index in [0.29, 0.717) is 0 Å². The number of nitrogens with one attached hydrogen (secondary N) is 1. The van der Waals surface area contributed by atoms with Crippen LogP contribution in [0.15, 0.2) is 36.4 Å². The number of carbonyl (C=O) groups excluding carboxylic acids is 2. The molecule has 1 fully saturated rings. The van der Waals surface area contributed by atoms with Crippen LogP contribution in [0.3, 0.4) is 0 Å². The second-order valence-corrected chi connectivity index (χ2v) is 7.94. The molecule has 30 heavy (non-hydrogen) atoms. The first-order valence-corrected chi connectivity index (χ1v) is 10.8. The summed E-state index contributed by atoms with van der Waals surface area (Å²) in [6.45, 7) is 5.47. The lowest BCUT2D eigenvalue weighted by Crippen LogP contribution is -2.41. The van der Waals surface area contributed by atoms with Crippen molar-refractivity contribution in [3.8, 4) is 5.69 Å². The predicted octanol–water partition coefficient (Wildman–Crippen LogP) is 4.27. The summed E-state index contributed by atoms with van der Waals surface area (Å²) in [4.78, 5) is 24.6. The van der Waals surface area contributed by atoms with E-state index < -0.39 is 12.1 Å². The number of hydrogen-bond donors (Lipinski definition) is 1. The number of benzene rings is 1. The zero-order valence-corrected chi connectivity index (χ0v) is 18.1. The SMILES string of the molecule is Cc1nn(-c2ccccc2)c(C)c1/C=C/C(=O)O[C@@H](C)C(=O)NC1CCCCCC1. The van der Waals surface area contributed by atoms with Gasteiger partial charge in [-0.1, -0.05) is 43.9 Å². The largest absolute Gasteiger partial charge is 0.449 e. The van der Waals surface area contributed by atoms with E-state index in [-0.39, 0.29) is 11.9 Å². The lowest BCUT2D eigenvalue weighted by Gasteiger charge is -2.19. The minimum atomic E-state index is -0.820. The summed E-state index contributed by atoms with van der Waals surface area (Å²) in [5.74, 6) is -0.766. The number of carbonyl (C=O) groups is 2. The molecule has 160 valence electrons. The van der Waals surface area contributed by atoms with Crippen molar-refractivity contribution in [1.29, 1.82) is 0 Å². The lowest BCUT2D eigenvalue weighted by molar-refractivity contribution is -0.150. The Hall–Kier alpha value is -2.89. The van der Waals surface area contributed by atoms with Crippen LogP contribution < -0.4 is 5.32 Å². The molecule has 1 amide bonds. The number of rotatable bonds is 6. The summed E-state index contributed by atoms with van der Waals surface area (Å²) in [6, 6.07) is 10.0. The van der Waals surface area contributed by atoms with Crippen LogP contribution in [-0.4, -0.2) is 33.8 Å². The highest BCUT2D eigenvalue weighted by Gasteiger charge is 2.21. The minimum absolute atomic E-state index is 0.186. The molecule has 3 rings (SSSR count).